The molecule has 0 radical (unpaired) electrons. The molecule has 17 heavy (non-hydrogen) atoms. The van der Waals surface area contributed by atoms with Crippen molar-refractivity contribution in [2.75, 3.05) is 21.3 Å². The van der Waals surface area contributed by atoms with Crippen LogP contribution in [-0.4, -0.2) is 39.2 Å². The van der Waals surface area contributed by atoms with E-state index in [0.29, 0.717) is 12.8 Å². The van der Waals surface area contributed by atoms with E-state index < -0.39 is 35.7 Å². The van der Waals surface area contributed by atoms with Gasteiger partial charge >= 0.3 is 17.9 Å². The van der Waals surface area contributed by atoms with Gasteiger partial charge in [-0.2, -0.15) is 0 Å². The van der Waals surface area contributed by atoms with E-state index in [1.165, 1.54) is 21.3 Å². The summed E-state index contributed by atoms with van der Waals surface area (Å²) in [6.07, 6.45) is 0.846. The third kappa shape index (κ3) is 2.57. The molecular weight excluding hydrogens is 228 g/mol. The second kappa shape index (κ2) is 5.65. The number of carbonyl (C=O) groups excluding carboxylic acids is 3. The maximum Gasteiger partial charge on any atom is 0.310 e. The van der Waals surface area contributed by atoms with Crippen LogP contribution >= 0.6 is 0 Å². The molecule has 6 nitrogen and oxygen atoms in total. The van der Waals surface area contributed by atoms with Gasteiger partial charge in [-0.05, 0) is 12.8 Å². The van der Waals surface area contributed by atoms with E-state index >= 15 is 0 Å². The molecule has 0 saturated heterocycles. The van der Waals surface area contributed by atoms with E-state index in [0.717, 1.165) is 0 Å². The molecule has 1 saturated carbocycles. The predicted octanol–water partition coefficient (Wildman–Crippen LogP) is 0.148. The van der Waals surface area contributed by atoms with Gasteiger partial charge in [0, 0.05) is 0 Å². The SMILES string of the molecule is COC(=O)C1CCC(C(=O)OC)C1C(=O)OC. The smallest absolute Gasteiger partial charge is 0.310 e. The van der Waals surface area contributed by atoms with E-state index in [-0.39, 0.29) is 0 Å². The molecule has 2 atom stereocenters. The highest BCUT2D eigenvalue weighted by Crippen LogP contribution is 2.39. The van der Waals surface area contributed by atoms with E-state index in [4.69, 9.17) is 0 Å². The van der Waals surface area contributed by atoms with Crippen molar-refractivity contribution in [1.29, 1.82) is 0 Å². The molecular formula is C11H16O6. The van der Waals surface area contributed by atoms with E-state index in [9.17, 15) is 14.4 Å². The van der Waals surface area contributed by atoms with Crippen molar-refractivity contribution in [3.8, 4) is 0 Å². The lowest BCUT2D eigenvalue weighted by Gasteiger charge is -2.19. The third-order valence-corrected chi connectivity index (χ3v) is 3.14. The predicted molar refractivity (Wildman–Crippen MR) is 55.8 cm³/mol. The highest BCUT2D eigenvalue weighted by Gasteiger charge is 2.49. The average Bonchev–Trinajstić information content (AvgIpc) is 2.80. The van der Waals surface area contributed by atoms with Crippen LogP contribution in [0.15, 0.2) is 0 Å². The zero-order valence-corrected chi connectivity index (χ0v) is 10.1. The van der Waals surface area contributed by atoms with E-state index in [1.807, 2.05) is 0 Å². The van der Waals surface area contributed by atoms with Crippen molar-refractivity contribution in [3.05, 3.63) is 0 Å². The van der Waals surface area contributed by atoms with Gasteiger partial charge in [0.2, 0.25) is 0 Å². The van der Waals surface area contributed by atoms with Crippen LogP contribution in [0.25, 0.3) is 0 Å². The van der Waals surface area contributed by atoms with Crippen molar-refractivity contribution < 1.29 is 28.6 Å². The fraction of sp³-hybridized carbons (Fsp3) is 0.727. The first-order valence-corrected chi connectivity index (χ1v) is 5.30. The zero-order chi connectivity index (χ0) is 13.0. The van der Waals surface area contributed by atoms with Crippen molar-refractivity contribution in [2.45, 2.75) is 12.8 Å². The zero-order valence-electron chi connectivity index (χ0n) is 10.1. The van der Waals surface area contributed by atoms with Gasteiger partial charge in [0.1, 0.15) is 0 Å². The summed E-state index contributed by atoms with van der Waals surface area (Å²) >= 11 is 0. The first kappa shape index (κ1) is 13.5. The minimum absolute atomic E-state index is 0.423. The summed E-state index contributed by atoms with van der Waals surface area (Å²) in [5, 5.41) is 0. The Kier molecular flexibility index (Phi) is 4.48. The van der Waals surface area contributed by atoms with Gasteiger partial charge in [-0.1, -0.05) is 0 Å². The molecule has 1 aliphatic carbocycles. The molecule has 0 amide bonds. The number of hydrogen-bond donors (Lipinski definition) is 0. The fourth-order valence-corrected chi connectivity index (χ4v) is 2.29. The Morgan fingerprint density at radius 2 is 1.12 bits per heavy atom. The molecule has 0 N–H and O–H groups in total. The molecule has 1 fully saturated rings. The monoisotopic (exact) mass is 244 g/mol. The van der Waals surface area contributed by atoms with Crippen LogP contribution in [0.4, 0.5) is 0 Å². The summed E-state index contributed by atoms with van der Waals surface area (Å²) in [7, 11) is 3.73. The Balaban J connectivity index is 2.93. The summed E-state index contributed by atoms with van der Waals surface area (Å²) in [6, 6.07) is 0. The maximum atomic E-state index is 11.6. The van der Waals surface area contributed by atoms with Gasteiger partial charge in [0.25, 0.3) is 0 Å². The Morgan fingerprint density at radius 3 is 1.41 bits per heavy atom. The molecule has 0 aromatic rings. The number of ether oxygens (including phenoxy) is 3. The van der Waals surface area contributed by atoms with Crippen molar-refractivity contribution in [2.24, 2.45) is 17.8 Å². The quantitative estimate of drug-likeness (QED) is 0.519. The third-order valence-electron chi connectivity index (χ3n) is 3.14. The minimum atomic E-state index is -0.806. The topological polar surface area (TPSA) is 78.9 Å². The highest BCUT2D eigenvalue weighted by atomic mass is 16.5. The van der Waals surface area contributed by atoms with Gasteiger partial charge in [-0.3, -0.25) is 14.4 Å². The molecule has 0 aliphatic heterocycles. The lowest BCUT2D eigenvalue weighted by molar-refractivity contribution is -0.162. The second-order valence-electron chi connectivity index (χ2n) is 3.89. The Labute approximate surface area is 99.2 Å². The van der Waals surface area contributed by atoms with Crippen LogP contribution < -0.4 is 0 Å². The van der Waals surface area contributed by atoms with Crippen LogP contribution in [0.2, 0.25) is 0 Å². The molecule has 0 aromatic heterocycles. The fourth-order valence-electron chi connectivity index (χ4n) is 2.29. The minimum Gasteiger partial charge on any atom is -0.469 e. The molecule has 0 spiro atoms. The summed E-state index contributed by atoms with van der Waals surface area (Å²) < 4.78 is 13.9. The van der Waals surface area contributed by atoms with E-state index in [1.54, 1.807) is 0 Å². The molecule has 6 heteroatoms. The second-order valence-corrected chi connectivity index (χ2v) is 3.89. The van der Waals surface area contributed by atoms with Crippen molar-refractivity contribution >= 4 is 17.9 Å². The molecule has 1 rings (SSSR count). The van der Waals surface area contributed by atoms with Crippen molar-refractivity contribution in [1.82, 2.24) is 0 Å². The van der Waals surface area contributed by atoms with Crippen LogP contribution in [0.5, 0.6) is 0 Å². The number of esters is 3. The van der Waals surface area contributed by atoms with Crippen LogP contribution in [0.3, 0.4) is 0 Å². The Morgan fingerprint density at radius 1 is 0.765 bits per heavy atom. The average molecular weight is 244 g/mol. The first-order valence-electron chi connectivity index (χ1n) is 5.30. The van der Waals surface area contributed by atoms with Gasteiger partial charge in [-0.15, -0.1) is 0 Å². The molecule has 0 aromatic carbocycles. The molecule has 96 valence electrons. The van der Waals surface area contributed by atoms with Gasteiger partial charge in [0.15, 0.2) is 0 Å². The summed E-state index contributed by atoms with van der Waals surface area (Å²) in [5.74, 6) is -3.63. The van der Waals surface area contributed by atoms with Gasteiger partial charge < -0.3 is 14.2 Å². The summed E-state index contributed by atoms with van der Waals surface area (Å²) in [4.78, 5) is 34.7. The lowest BCUT2D eigenvalue weighted by atomic mass is 9.89. The highest BCUT2D eigenvalue weighted by molar-refractivity contribution is 5.88. The van der Waals surface area contributed by atoms with Crippen LogP contribution in [0.1, 0.15) is 12.8 Å². The number of methoxy groups -OCH3 is 3. The lowest BCUT2D eigenvalue weighted by Crippen LogP contribution is -2.34. The standard InChI is InChI=1S/C11H16O6/c1-15-9(12)6-4-5-7(10(13)16-2)8(6)11(14)17-3/h6-8H,4-5H2,1-3H3. The maximum absolute atomic E-state index is 11.6. The number of carbonyl (C=O) groups is 3. The Hall–Kier alpha value is -1.59. The van der Waals surface area contributed by atoms with Gasteiger partial charge in [-0.25, -0.2) is 0 Å². The van der Waals surface area contributed by atoms with Crippen LogP contribution in [0, 0.1) is 17.8 Å². The van der Waals surface area contributed by atoms with E-state index in [2.05, 4.69) is 14.2 Å². The van der Waals surface area contributed by atoms with Gasteiger partial charge in [0.05, 0.1) is 39.1 Å². The molecule has 0 heterocycles. The normalized spacial score (nSPS) is 27.4. The van der Waals surface area contributed by atoms with Crippen LogP contribution in [-0.2, 0) is 28.6 Å². The number of hydrogen-bond acceptors (Lipinski definition) is 6. The Bertz CT molecular complexity index is 300. The summed E-state index contributed by atoms with van der Waals surface area (Å²) in [6.45, 7) is 0. The summed E-state index contributed by atoms with van der Waals surface area (Å²) in [5.41, 5.74) is 0. The number of rotatable bonds is 3. The first-order chi connectivity index (χ1) is 8.06. The van der Waals surface area contributed by atoms with Crippen molar-refractivity contribution in [3.63, 3.8) is 0 Å². The molecule has 0 bridgehead atoms. The largest absolute Gasteiger partial charge is 0.469 e. The molecule has 2 unspecified atom stereocenters. The molecule has 1 aliphatic rings.